The van der Waals surface area contributed by atoms with Crippen LogP contribution in [0.3, 0.4) is 0 Å². The Labute approximate surface area is 126 Å². The van der Waals surface area contributed by atoms with E-state index >= 15 is 0 Å². The van der Waals surface area contributed by atoms with E-state index in [1.807, 2.05) is 32.0 Å². The van der Waals surface area contributed by atoms with Gasteiger partial charge in [0.2, 0.25) is 5.91 Å². The van der Waals surface area contributed by atoms with Crippen LogP contribution in [0.25, 0.3) is 0 Å². The maximum absolute atomic E-state index is 12.4. The summed E-state index contributed by atoms with van der Waals surface area (Å²) in [6.45, 7) is 3.91. The Morgan fingerprint density at radius 3 is 2.19 bits per heavy atom. The number of benzene rings is 1. The first-order chi connectivity index (χ1) is 9.97. The van der Waals surface area contributed by atoms with Gasteiger partial charge in [-0.2, -0.15) is 0 Å². The van der Waals surface area contributed by atoms with Crippen LogP contribution in [0, 0.1) is 19.8 Å². The molecule has 4 nitrogen and oxygen atoms in total. The molecule has 1 atom stereocenters. The number of amides is 2. The number of rotatable bonds is 4. The monoisotopic (exact) mass is 288 g/mol. The van der Waals surface area contributed by atoms with Crippen molar-refractivity contribution in [3.05, 3.63) is 34.9 Å². The van der Waals surface area contributed by atoms with Gasteiger partial charge in [0, 0.05) is 5.56 Å². The van der Waals surface area contributed by atoms with E-state index in [9.17, 15) is 9.59 Å². The van der Waals surface area contributed by atoms with E-state index in [2.05, 4.69) is 5.32 Å². The van der Waals surface area contributed by atoms with Crippen LogP contribution in [0.4, 0.5) is 0 Å². The predicted molar refractivity (Wildman–Crippen MR) is 82.9 cm³/mol. The molecule has 4 heteroatoms. The molecule has 0 aliphatic heterocycles. The average Bonchev–Trinajstić information content (AvgIpc) is 2.44. The fraction of sp³-hybridized carbons (Fsp3) is 0.529. The number of carbonyl (C=O) groups excluding carboxylic acids is 2. The summed E-state index contributed by atoms with van der Waals surface area (Å²) in [5.41, 5.74) is 8.16. The number of primary amides is 1. The van der Waals surface area contributed by atoms with Crippen molar-refractivity contribution < 1.29 is 9.59 Å². The fourth-order valence-corrected chi connectivity index (χ4v) is 3.22. The van der Waals surface area contributed by atoms with E-state index in [0.717, 1.165) is 36.8 Å². The molecule has 1 aromatic carbocycles. The number of nitrogens with two attached hydrogens (primary N) is 1. The number of carbonyl (C=O) groups is 2. The lowest BCUT2D eigenvalue weighted by Crippen LogP contribution is -2.49. The van der Waals surface area contributed by atoms with Crippen LogP contribution in [0.1, 0.15) is 53.6 Å². The Balaban J connectivity index is 2.12. The molecule has 1 aliphatic carbocycles. The third-order valence-electron chi connectivity index (χ3n) is 4.20. The Bertz CT molecular complexity index is 513. The number of nitrogens with one attached hydrogen (secondary N) is 1. The van der Waals surface area contributed by atoms with Gasteiger partial charge in [-0.3, -0.25) is 9.59 Å². The summed E-state index contributed by atoms with van der Waals surface area (Å²) in [5.74, 6) is -0.470. The summed E-state index contributed by atoms with van der Waals surface area (Å²) in [6.07, 6.45) is 5.33. The topological polar surface area (TPSA) is 72.2 Å². The molecule has 21 heavy (non-hydrogen) atoms. The summed E-state index contributed by atoms with van der Waals surface area (Å²) in [5, 5.41) is 2.84. The summed E-state index contributed by atoms with van der Waals surface area (Å²) >= 11 is 0. The van der Waals surface area contributed by atoms with Gasteiger partial charge in [-0.15, -0.1) is 0 Å². The zero-order valence-electron chi connectivity index (χ0n) is 12.8. The van der Waals surface area contributed by atoms with Gasteiger partial charge in [0.05, 0.1) is 0 Å². The van der Waals surface area contributed by atoms with E-state index in [-0.39, 0.29) is 11.8 Å². The van der Waals surface area contributed by atoms with Crippen molar-refractivity contribution in [1.82, 2.24) is 5.32 Å². The lowest BCUT2D eigenvalue weighted by Gasteiger charge is -2.28. The predicted octanol–water partition coefficient (Wildman–Crippen LogP) is 2.47. The Hall–Kier alpha value is -1.84. The van der Waals surface area contributed by atoms with Crippen LogP contribution in [-0.4, -0.2) is 17.9 Å². The van der Waals surface area contributed by atoms with Crippen LogP contribution in [-0.2, 0) is 4.79 Å². The van der Waals surface area contributed by atoms with E-state index in [4.69, 9.17) is 5.73 Å². The maximum atomic E-state index is 12.4. The molecule has 0 bridgehead atoms. The summed E-state index contributed by atoms with van der Waals surface area (Å²) < 4.78 is 0. The van der Waals surface area contributed by atoms with Crippen LogP contribution in [0.5, 0.6) is 0 Å². The average molecular weight is 288 g/mol. The molecule has 2 amide bonds. The quantitative estimate of drug-likeness (QED) is 0.893. The van der Waals surface area contributed by atoms with Gasteiger partial charge in [-0.1, -0.05) is 36.5 Å². The standard InChI is InChI=1S/C17H24N2O2/c1-11-8-12(2)10-14(9-11)17(21)19-15(16(18)20)13-6-4-3-5-7-13/h8-10,13,15H,3-7H2,1-2H3,(H2,18,20)(H,19,21)/t15-/m1/s1. The minimum atomic E-state index is -0.557. The minimum absolute atomic E-state index is 0.172. The van der Waals surface area contributed by atoms with Crippen LogP contribution >= 0.6 is 0 Å². The third kappa shape index (κ3) is 4.06. The zero-order chi connectivity index (χ0) is 15.4. The molecule has 0 unspecified atom stereocenters. The molecule has 1 aromatic rings. The summed E-state index contributed by atoms with van der Waals surface area (Å²) in [4.78, 5) is 24.1. The highest BCUT2D eigenvalue weighted by Gasteiger charge is 2.29. The number of hydrogen-bond donors (Lipinski definition) is 2. The Morgan fingerprint density at radius 2 is 1.67 bits per heavy atom. The van der Waals surface area contributed by atoms with Crippen molar-refractivity contribution in [3.8, 4) is 0 Å². The van der Waals surface area contributed by atoms with Crippen molar-refractivity contribution in [3.63, 3.8) is 0 Å². The first-order valence-electron chi connectivity index (χ1n) is 7.66. The lowest BCUT2D eigenvalue weighted by molar-refractivity contribution is -0.121. The highest BCUT2D eigenvalue weighted by Crippen LogP contribution is 2.26. The van der Waals surface area contributed by atoms with Gasteiger partial charge in [0.15, 0.2) is 0 Å². The second-order valence-electron chi connectivity index (χ2n) is 6.13. The van der Waals surface area contributed by atoms with Crippen LogP contribution in [0.2, 0.25) is 0 Å². The molecule has 1 aliphatic rings. The molecule has 2 rings (SSSR count). The molecule has 1 fully saturated rings. The molecule has 0 heterocycles. The maximum Gasteiger partial charge on any atom is 0.251 e. The van der Waals surface area contributed by atoms with Gasteiger partial charge in [0.25, 0.3) is 5.91 Å². The van der Waals surface area contributed by atoms with Crippen LogP contribution < -0.4 is 11.1 Å². The lowest BCUT2D eigenvalue weighted by atomic mass is 9.83. The van der Waals surface area contributed by atoms with Crippen molar-refractivity contribution in [2.24, 2.45) is 11.7 Å². The summed E-state index contributed by atoms with van der Waals surface area (Å²) in [6, 6.07) is 5.13. The third-order valence-corrected chi connectivity index (χ3v) is 4.20. The van der Waals surface area contributed by atoms with Crippen molar-refractivity contribution in [2.75, 3.05) is 0 Å². The fourth-order valence-electron chi connectivity index (χ4n) is 3.22. The van der Waals surface area contributed by atoms with Crippen molar-refractivity contribution in [1.29, 1.82) is 0 Å². The SMILES string of the molecule is Cc1cc(C)cc(C(=O)N[C@@H](C(N)=O)C2CCCCC2)c1. The normalized spacial score (nSPS) is 17.2. The number of aryl methyl sites for hydroxylation is 2. The first-order valence-corrected chi connectivity index (χ1v) is 7.66. The molecular weight excluding hydrogens is 264 g/mol. The molecule has 0 spiro atoms. The molecule has 0 aromatic heterocycles. The van der Waals surface area contributed by atoms with E-state index in [0.29, 0.717) is 5.56 Å². The Morgan fingerprint density at radius 1 is 1.10 bits per heavy atom. The van der Waals surface area contributed by atoms with Gasteiger partial charge >= 0.3 is 0 Å². The smallest absolute Gasteiger partial charge is 0.251 e. The minimum Gasteiger partial charge on any atom is -0.368 e. The highest BCUT2D eigenvalue weighted by molar-refractivity contribution is 5.97. The largest absolute Gasteiger partial charge is 0.368 e. The molecule has 0 radical (unpaired) electrons. The van der Waals surface area contributed by atoms with Gasteiger partial charge in [0.1, 0.15) is 6.04 Å². The van der Waals surface area contributed by atoms with Gasteiger partial charge < -0.3 is 11.1 Å². The van der Waals surface area contributed by atoms with E-state index in [1.54, 1.807) is 0 Å². The van der Waals surface area contributed by atoms with Gasteiger partial charge in [-0.05, 0) is 44.7 Å². The van der Waals surface area contributed by atoms with E-state index < -0.39 is 11.9 Å². The second kappa shape index (κ2) is 6.74. The van der Waals surface area contributed by atoms with Crippen molar-refractivity contribution in [2.45, 2.75) is 52.0 Å². The number of hydrogen-bond acceptors (Lipinski definition) is 2. The van der Waals surface area contributed by atoms with Crippen molar-refractivity contribution >= 4 is 11.8 Å². The van der Waals surface area contributed by atoms with E-state index in [1.165, 1.54) is 6.42 Å². The Kier molecular flexibility index (Phi) is 4.99. The molecule has 114 valence electrons. The second-order valence-corrected chi connectivity index (χ2v) is 6.13. The zero-order valence-corrected chi connectivity index (χ0v) is 12.8. The highest BCUT2D eigenvalue weighted by atomic mass is 16.2. The molecule has 3 N–H and O–H groups in total. The first kappa shape index (κ1) is 15.5. The van der Waals surface area contributed by atoms with Crippen LogP contribution in [0.15, 0.2) is 18.2 Å². The molecular formula is C17H24N2O2. The molecule has 1 saturated carbocycles. The van der Waals surface area contributed by atoms with Gasteiger partial charge in [-0.25, -0.2) is 0 Å². The summed E-state index contributed by atoms with van der Waals surface area (Å²) in [7, 11) is 0. The molecule has 0 saturated heterocycles.